The number of hydrogen-bond acceptors (Lipinski definition) is 4. The Morgan fingerprint density at radius 3 is 2.71 bits per heavy atom. The molecule has 106 valence electrons. The van der Waals surface area contributed by atoms with Gasteiger partial charge in [-0.05, 0) is 46.3 Å². The zero-order valence-corrected chi connectivity index (χ0v) is 13.1. The standard InChI is InChI=1S/C14H10BrN3O2S/c15-11-9-16-8-6-13(11)18-21(19,20)14-5-1-4-12-10(14)3-2-7-17-12/h1-9H,(H,16,18). The molecule has 1 N–H and O–H groups in total. The molecule has 7 heteroatoms. The van der Waals surface area contributed by atoms with Crippen LogP contribution in [0.5, 0.6) is 0 Å². The van der Waals surface area contributed by atoms with Crippen molar-refractivity contribution < 1.29 is 8.42 Å². The zero-order chi connectivity index (χ0) is 14.9. The van der Waals surface area contributed by atoms with Crippen molar-refractivity contribution in [1.82, 2.24) is 9.97 Å². The lowest BCUT2D eigenvalue weighted by Crippen LogP contribution is -2.13. The van der Waals surface area contributed by atoms with Crippen LogP contribution in [0.1, 0.15) is 0 Å². The molecule has 0 saturated heterocycles. The first-order valence-corrected chi connectivity index (χ1v) is 8.31. The van der Waals surface area contributed by atoms with E-state index < -0.39 is 10.0 Å². The van der Waals surface area contributed by atoms with E-state index in [9.17, 15) is 8.42 Å². The molecule has 1 aromatic carbocycles. The predicted octanol–water partition coefficient (Wildman–Crippen LogP) is 3.19. The Labute approximate surface area is 130 Å². The minimum absolute atomic E-state index is 0.191. The number of sulfonamides is 1. The molecule has 3 aromatic rings. The highest BCUT2D eigenvalue weighted by Crippen LogP contribution is 2.26. The van der Waals surface area contributed by atoms with Gasteiger partial charge in [0.2, 0.25) is 0 Å². The highest BCUT2D eigenvalue weighted by atomic mass is 79.9. The summed E-state index contributed by atoms with van der Waals surface area (Å²) in [6.07, 6.45) is 4.68. The first kappa shape index (κ1) is 14.0. The van der Waals surface area contributed by atoms with Crippen molar-refractivity contribution >= 4 is 42.5 Å². The Hall–Kier alpha value is -1.99. The van der Waals surface area contributed by atoms with E-state index in [1.807, 2.05) is 0 Å². The predicted molar refractivity (Wildman–Crippen MR) is 84.5 cm³/mol. The summed E-state index contributed by atoms with van der Waals surface area (Å²) in [5.74, 6) is 0. The summed E-state index contributed by atoms with van der Waals surface area (Å²) < 4.78 is 28.3. The molecule has 0 atom stereocenters. The average molecular weight is 364 g/mol. The van der Waals surface area contributed by atoms with Gasteiger partial charge in [0, 0.05) is 24.0 Å². The van der Waals surface area contributed by atoms with Gasteiger partial charge in [-0.25, -0.2) is 8.42 Å². The van der Waals surface area contributed by atoms with Crippen LogP contribution in [0, 0.1) is 0 Å². The zero-order valence-electron chi connectivity index (χ0n) is 10.7. The Morgan fingerprint density at radius 1 is 1.05 bits per heavy atom. The molecule has 0 saturated carbocycles. The number of nitrogens with one attached hydrogen (secondary N) is 1. The maximum absolute atomic E-state index is 12.6. The average Bonchev–Trinajstić information content (AvgIpc) is 2.49. The molecule has 3 rings (SSSR count). The van der Waals surface area contributed by atoms with E-state index in [1.165, 1.54) is 12.4 Å². The number of anilines is 1. The van der Waals surface area contributed by atoms with Gasteiger partial charge in [0.15, 0.2) is 0 Å². The lowest BCUT2D eigenvalue weighted by molar-refractivity contribution is 0.602. The van der Waals surface area contributed by atoms with Gasteiger partial charge in [-0.1, -0.05) is 6.07 Å². The summed E-state index contributed by atoms with van der Waals surface area (Å²) in [6.45, 7) is 0. The van der Waals surface area contributed by atoms with Crippen LogP contribution in [-0.2, 0) is 10.0 Å². The molecule has 2 heterocycles. The summed E-state index contributed by atoms with van der Waals surface area (Å²) in [5, 5.41) is 0.581. The Morgan fingerprint density at radius 2 is 1.90 bits per heavy atom. The molecule has 0 unspecified atom stereocenters. The number of hydrogen-bond donors (Lipinski definition) is 1. The van der Waals surface area contributed by atoms with Crippen LogP contribution in [0.25, 0.3) is 10.9 Å². The SMILES string of the molecule is O=S(=O)(Nc1ccncc1Br)c1cccc2ncccc12. The number of aromatic nitrogens is 2. The van der Waals surface area contributed by atoms with E-state index in [4.69, 9.17) is 0 Å². The van der Waals surface area contributed by atoms with Crippen LogP contribution < -0.4 is 4.72 Å². The van der Waals surface area contributed by atoms with Gasteiger partial charge < -0.3 is 0 Å². The molecule has 0 fully saturated rings. The third kappa shape index (κ3) is 2.74. The Balaban J connectivity index is 2.11. The normalized spacial score (nSPS) is 11.5. The fourth-order valence-corrected chi connectivity index (χ4v) is 3.75. The van der Waals surface area contributed by atoms with Crippen LogP contribution in [0.15, 0.2) is 64.4 Å². The van der Waals surface area contributed by atoms with Crippen molar-refractivity contribution in [2.45, 2.75) is 4.90 Å². The minimum Gasteiger partial charge on any atom is -0.278 e. The topological polar surface area (TPSA) is 72.0 Å². The fourth-order valence-electron chi connectivity index (χ4n) is 1.97. The molecule has 2 aromatic heterocycles. The molecule has 21 heavy (non-hydrogen) atoms. The molecular weight excluding hydrogens is 354 g/mol. The highest BCUT2D eigenvalue weighted by Gasteiger charge is 2.18. The summed E-state index contributed by atoms with van der Waals surface area (Å²) >= 11 is 3.27. The van der Waals surface area contributed by atoms with Crippen LogP contribution >= 0.6 is 15.9 Å². The summed E-state index contributed by atoms with van der Waals surface area (Å²) in [4.78, 5) is 8.27. The van der Waals surface area contributed by atoms with Crippen LogP contribution in [0.3, 0.4) is 0 Å². The summed E-state index contributed by atoms with van der Waals surface area (Å²) in [7, 11) is -3.71. The molecule has 0 aliphatic carbocycles. The van der Waals surface area contributed by atoms with Crippen molar-refractivity contribution in [3.05, 3.63) is 59.5 Å². The summed E-state index contributed by atoms with van der Waals surface area (Å²) in [6, 6.07) is 10.0. The first-order valence-electron chi connectivity index (χ1n) is 6.04. The van der Waals surface area contributed by atoms with Crippen LogP contribution in [0.2, 0.25) is 0 Å². The molecule has 0 bridgehead atoms. The van der Waals surface area contributed by atoms with E-state index in [0.717, 1.165) is 0 Å². The number of fused-ring (bicyclic) bond motifs is 1. The Bertz CT molecular complexity index is 907. The minimum atomic E-state index is -3.71. The van der Waals surface area contributed by atoms with Crippen molar-refractivity contribution in [2.24, 2.45) is 0 Å². The maximum atomic E-state index is 12.6. The molecule has 0 radical (unpaired) electrons. The van der Waals surface area contributed by atoms with E-state index in [0.29, 0.717) is 21.1 Å². The van der Waals surface area contributed by atoms with E-state index in [2.05, 4.69) is 30.6 Å². The van der Waals surface area contributed by atoms with E-state index in [1.54, 1.807) is 42.6 Å². The molecular formula is C14H10BrN3O2S. The summed E-state index contributed by atoms with van der Waals surface area (Å²) in [5.41, 5.74) is 1.07. The quantitative estimate of drug-likeness (QED) is 0.775. The molecule has 0 amide bonds. The maximum Gasteiger partial charge on any atom is 0.262 e. The second kappa shape index (κ2) is 5.42. The van der Waals surface area contributed by atoms with Gasteiger partial charge in [0.1, 0.15) is 0 Å². The number of rotatable bonds is 3. The van der Waals surface area contributed by atoms with Gasteiger partial charge in [-0.2, -0.15) is 0 Å². The molecule has 0 spiro atoms. The van der Waals surface area contributed by atoms with Gasteiger partial charge in [-0.3, -0.25) is 14.7 Å². The highest BCUT2D eigenvalue weighted by molar-refractivity contribution is 9.10. The monoisotopic (exact) mass is 363 g/mol. The van der Waals surface area contributed by atoms with Crippen molar-refractivity contribution in [1.29, 1.82) is 0 Å². The van der Waals surface area contributed by atoms with Gasteiger partial charge >= 0.3 is 0 Å². The molecule has 0 aliphatic heterocycles. The third-order valence-electron chi connectivity index (χ3n) is 2.91. The van der Waals surface area contributed by atoms with Gasteiger partial charge in [-0.15, -0.1) is 0 Å². The number of halogens is 1. The van der Waals surface area contributed by atoms with Crippen molar-refractivity contribution in [3.8, 4) is 0 Å². The van der Waals surface area contributed by atoms with Crippen molar-refractivity contribution in [2.75, 3.05) is 4.72 Å². The van der Waals surface area contributed by atoms with Gasteiger partial charge in [0.25, 0.3) is 10.0 Å². The van der Waals surface area contributed by atoms with Crippen molar-refractivity contribution in [3.63, 3.8) is 0 Å². The molecule has 0 aliphatic rings. The molecule has 5 nitrogen and oxygen atoms in total. The van der Waals surface area contributed by atoms with Gasteiger partial charge in [0.05, 0.1) is 20.6 Å². The third-order valence-corrected chi connectivity index (χ3v) is 4.97. The lowest BCUT2D eigenvalue weighted by Gasteiger charge is -2.11. The number of pyridine rings is 2. The Kier molecular flexibility index (Phi) is 3.60. The first-order chi connectivity index (χ1) is 10.1. The second-order valence-electron chi connectivity index (χ2n) is 4.29. The van der Waals surface area contributed by atoms with E-state index in [-0.39, 0.29) is 4.90 Å². The number of nitrogens with zero attached hydrogens (tertiary/aromatic N) is 2. The number of benzene rings is 1. The van der Waals surface area contributed by atoms with Crippen LogP contribution in [-0.4, -0.2) is 18.4 Å². The van der Waals surface area contributed by atoms with E-state index >= 15 is 0 Å². The largest absolute Gasteiger partial charge is 0.278 e. The van der Waals surface area contributed by atoms with Crippen LogP contribution in [0.4, 0.5) is 5.69 Å². The lowest BCUT2D eigenvalue weighted by atomic mass is 10.2. The fraction of sp³-hybridized carbons (Fsp3) is 0. The second-order valence-corrected chi connectivity index (χ2v) is 6.79. The smallest absolute Gasteiger partial charge is 0.262 e.